The van der Waals surface area contributed by atoms with Crippen molar-refractivity contribution in [1.82, 2.24) is 15.1 Å². The average molecular weight is 337 g/mol. The predicted octanol–water partition coefficient (Wildman–Crippen LogP) is 2.38. The molecule has 136 valence electrons. The summed E-state index contributed by atoms with van der Waals surface area (Å²) in [6.45, 7) is 7.02. The highest BCUT2D eigenvalue weighted by Gasteiger charge is 2.34. The Balaban J connectivity index is 1.49. The second kappa shape index (κ2) is 9.04. The van der Waals surface area contributed by atoms with E-state index in [2.05, 4.69) is 12.2 Å². The van der Waals surface area contributed by atoms with Gasteiger partial charge in [0, 0.05) is 38.5 Å². The number of unbranched alkanes of at least 4 members (excludes halogenated alkanes) is 3. The largest absolute Gasteiger partial charge is 0.338 e. The molecule has 2 rings (SSSR count). The van der Waals surface area contributed by atoms with Crippen LogP contribution in [0, 0.1) is 11.8 Å². The Morgan fingerprint density at radius 3 is 2.38 bits per heavy atom. The maximum atomic E-state index is 12.0. The molecule has 2 aliphatic heterocycles. The van der Waals surface area contributed by atoms with Crippen LogP contribution in [0.4, 0.5) is 4.79 Å². The maximum absolute atomic E-state index is 12.0. The molecule has 0 bridgehead atoms. The molecule has 0 aliphatic carbocycles. The highest BCUT2D eigenvalue weighted by atomic mass is 16.2. The predicted molar refractivity (Wildman–Crippen MR) is 92.3 cm³/mol. The number of hydrogen-bond acceptors (Lipinski definition) is 3. The molecule has 1 N–H and O–H groups in total. The van der Waals surface area contributed by atoms with Gasteiger partial charge < -0.3 is 10.2 Å². The minimum atomic E-state index is -0.148. The van der Waals surface area contributed by atoms with Crippen LogP contribution in [0.1, 0.15) is 58.8 Å². The van der Waals surface area contributed by atoms with Crippen LogP contribution in [0.5, 0.6) is 0 Å². The minimum absolute atomic E-state index is 0.0249. The third-order valence-corrected chi connectivity index (χ3v) is 5.13. The molecule has 0 saturated carbocycles. The lowest BCUT2D eigenvalue weighted by Gasteiger charge is -2.30. The summed E-state index contributed by atoms with van der Waals surface area (Å²) in [6.07, 6.45) is 6.32. The number of piperidine rings is 1. The van der Waals surface area contributed by atoms with Crippen molar-refractivity contribution in [2.24, 2.45) is 11.8 Å². The lowest BCUT2D eigenvalue weighted by atomic mass is 10.00. The van der Waals surface area contributed by atoms with E-state index in [9.17, 15) is 14.4 Å². The van der Waals surface area contributed by atoms with Gasteiger partial charge in [-0.3, -0.25) is 14.5 Å². The highest BCUT2D eigenvalue weighted by Crippen LogP contribution is 2.19. The van der Waals surface area contributed by atoms with E-state index in [0.29, 0.717) is 19.5 Å². The summed E-state index contributed by atoms with van der Waals surface area (Å²) < 4.78 is 0. The Bertz CT molecular complexity index is 458. The van der Waals surface area contributed by atoms with Crippen molar-refractivity contribution in [3.8, 4) is 0 Å². The van der Waals surface area contributed by atoms with E-state index < -0.39 is 0 Å². The third kappa shape index (κ3) is 5.21. The maximum Gasteiger partial charge on any atom is 0.317 e. The van der Waals surface area contributed by atoms with Gasteiger partial charge in [0.15, 0.2) is 0 Å². The van der Waals surface area contributed by atoms with Gasteiger partial charge in [-0.05, 0) is 31.6 Å². The molecular weight excluding hydrogens is 306 g/mol. The van der Waals surface area contributed by atoms with Crippen molar-refractivity contribution < 1.29 is 14.4 Å². The van der Waals surface area contributed by atoms with Gasteiger partial charge in [-0.1, -0.05) is 26.7 Å². The Hall–Kier alpha value is -1.59. The molecule has 1 unspecified atom stereocenters. The lowest BCUT2D eigenvalue weighted by Crippen LogP contribution is -2.44. The molecule has 4 amide bonds. The van der Waals surface area contributed by atoms with Crippen molar-refractivity contribution in [1.29, 1.82) is 0 Å². The summed E-state index contributed by atoms with van der Waals surface area (Å²) in [7, 11) is 0. The zero-order valence-corrected chi connectivity index (χ0v) is 15.1. The summed E-state index contributed by atoms with van der Waals surface area (Å²) in [5.41, 5.74) is 0. The van der Waals surface area contributed by atoms with Gasteiger partial charge in [0.25, 0.3) is 0 Å². The quantitative estimate of drug-likeness (QED) is 0.573. The average Bonchev–Trinajstić information content (AvgIpc) is 2.80. The molecule has 0 spiro atoms. The fraction of sp³-hybridized carbons (Fsp3) is 0.833. The van der Waals surface area contributed by atoms with Crippen molar-refractivity contribution in [3.05, 3.63) is 0 Å². The molecule has 2 heterocycles. The fourth-order valence-electron chi connectivity index (χ4n) is 3.35. The van der Waals surface area contributed by atoms with Crippen LogP contribution in [-0.4, -0.2) is 53.8 Å². The van der Waals surface area contributed by atoms with Crippen LogP contribution in [0.15, 0.2) is 0 Å². The van der Waals surface area contributed by atoms with Gasteiger partial charge >= 0.3 is 6.03 Å². The molecule has 2 fully saturated rings. The Morgan fingerprint density at radius 2 is 1.75 bits per heavy atom. The van der Waals surface area contributed by atoms with Gasteiger partial charge in [0.2, 0.25) is 11.8 Å². The number of hydrogen-bond donors (Lipinski definition) is 1. The second-order valence-corrected chi connectivity index (χ2v) is 7.30. The molecule has 2 aliphatic rings. The Labute approximate surface area is 144 Å². The molecule has 2 saturated heterocycles. The molecule has 0 aromatic heterocycles. The first-order valence-corrected chi connectivity index (χ1v) is 9.36. The van der Waals surface area contributed by atoms with E-state index in [1.807, 2.05) is 11.8 Å². The van der Waals surface area contributed by atoms with Crippen molar-refractivity contribution in [2.75, 3.05) is 26.2 Å². The van der Waals surface area contributed by atoms with Crippen molar-refractivity contribution in [2.45, 2.75) is 58.8 Å². The highest BCUT2D eigenvalue weighted by molar-refractivity contribution is 6.03. The SMILES string of the molecule is CC1CCN(C(=O)NCCCCCCN2C(=O)CC(C)C2=O)CC1. The smallest absolute Gasteiger partial charge is 0.317 e. The minimum Gasteiger partial charge on any atom is -0.338 e. The summed E-state index contributed by atoms with van der Waals surface area (Å²) in [5.74, 6) is 0.524. The molecule has 0 aromatic rings. The topological polar surface area (TPSA) is 69.7 Å². The number of urea groups is 1. The number of amides is 4. The van der Waals surface area contributed by atoms with E-state index in [-0.39, 0.29) is 23.8 Å². The van der Waals surface area contributed by atoms with E-state index in [1.54, 1.807) is 0 Å². The summed E-state index contributed by atoms with van der Waals surface area (Å²) in [6, 6.07) is 0.0594. The molecule has 24 heavy (non-hydrogen) atoms. The van der Waals surface area contributed by atoms with E-state index >= 15 is 0 Å². The summed E-state index contributed by atoms with van der Waals surface area (Å²) in [5, 5.41) is 2.99. The van der Waals surface area contributed by atoms with Crippen LogP contribution < -0.4 is 5.32 Å². The number of nitrogens with zero attached hydrogens (tertiary/aromatic N) is 2. The lowest BCUT2D eigenvalue weighted by molar-refractivity contribution is -0.139. The van der Waals surface area contributed by atoms with Gasteiger partial charge in [0.1, 0.15) is 0 Å². The molecule has 6 heteroatoms. The van der Waals surface area contributed by atoms with Crippen LogP contribution >= 0.6 is 0 Å². The van der Waals surface area contributed by atoms with Crippen LogP contribution in [0.2, 0.25) is 0 Å². The van der Waals surface area contributed by atoms with Gasteiger partial charge in [-0.25, -0.2) is 4.79 Å². The van der Waals surface area contributed by atoms with Gasteiger partial charge in [0.05, 0.1) is 0 Å². The Morgan fingerprint density at radius 1 is 1.08 bits per heavy atom. The van der Waals surface area contributed by atoms with E-state index in [1.165, 1.54) is 4.90 Å². The zero-order chi connectivity index (χ0) is 17.5. The van der Waals surface area contributed by atoms with Crippen LogP contribution in [-0.2, 0) is 9.59 Å². The van der Waals surface area contributed by atoms with E-state index in [0.717, 1.165) is 57.5 Å². The second-order valence-electron chi connectivity index (χ2n) is 7.30. The molecule has 6 nitrogen and oxygen atoms in total. The number of carbonyl (C=O) groups excluding carboxylic acids is 3. The third-order valence-electron chi connectivity index (χ3n) is 5.13. The van der Waals surface area contributed by atoms with Gasteiger partial charge in [-0.2, -0.15) is 0 Å². The Kier molecular flexibility index (Phi) is 7.06. The number of rotatable bonds is 7. The number of nitrogens with one attached hydrogen (secondary N) is 1. The van der Waals surface area contributed by atoms with Gasteiger partial charge in [-0.15, -0.1) is 0 Å². The summed E-state index contributed by atoms with van der Waals surface area (Å²) >= 11 is 0. The van der Waals surface area contributed by atoms with Crippen LogP contribution in [0.25, 0.3) is 0 Å². The van der Waals surface area contributed by atoms with Crippen molar-refractivity contribution in [3.63, 3.8) is 0 Å². The van der Waals surface area contributed by atoms with Crippen LogP contribution in [0.3, 0.4) is 0 Å². The number of imide groups is 1. The number of likely N-dealkylation sites (tertiary alicyclic amines) is 2. The summed E-state index contributed by atoms with van der Waals surface area (Å²) in [4.78, 5) is 38.8. The normalized spacial score (nSPS) is 22.3. The first-order chi connectivity index (χ1) is 11.5. The van der Waals surface area contributed by atoms with Crippen molar-refractivity contribution >= 4 is 17.8 Å². The first kappa shape index (κ1) is 18.7. The molecule has 1 atom stereocenters. The van der Waals surface area contributed by atoms with E-state index in [4.69, 9.17) is 0 Å². The zero-order valence-electron chi connectivity index (χ0n) is 15.1. The first-order valence-electron chi connectivity index (χ1n) is 9.36. The monoisotopic (exact) mass is 337 g/mol. The molecular formula is C18H31N3O3. The molecule has 0 aromatic carbocycles. The fourth-order valence-corrected chi connectivity index (χ4v) is 3.35. The standard InChI is InChI=1S/C18H31N3O3/c1-14-7-11-20(12-8-14)18(24)19-9-5-3-4-6-10-21-16(22)13-15(2)17(21)23/h14-15H,3-13H2,1-2H3,(H,19,24). The molecule has 0 radical (unpaired) electrons. The number of carbonyl (C=O) groups is 3.